The zero-order valence-electron chi connectivity index (χ0n) is 17.3. The van der Waals surface area contributed by atoms with Crippen LogP contribution in [0.2, 0.25) is 5.15 Å². The maximum Gasteiger partial charge on any atom is 0.266 e. The first-order valence-corrected chi connectivity index (χ1v) is 10.6. The molecule has 10 heteroatoms. The van der Waals surface area contributed by atoms with Crippen LogP contribution in [0.4, 0.5) is 0 Å². The second-order valence-corrected chi connectivity index (χ2v) is 8.29. The molecule has 0 unspecified atom stereocenters. The Balaban J connectivity index is 1.38. The van der Waals surface area contributed by atoms with Crippen molar-refractivity contribution in [3.05, 3.63) is 52.3 Å². The van der Waals surface area contributed by atoms with Crippen molar-refractivity contribution < 1.29 is 4.74 Å². The molecule has 1 fully saturated rings. The van der Waals surface area contributed by atoms with Gasteiger partial charge in [0.05, 0.1) is 17.8 Å². The standard InChI is InChI=1S/C21H22ClN7O2/c1-27-12-13(10-24-27)21-16-11-23-18(22)9-17(16)29(26-21)14-3-5-15(6-4-14)31-19-7-8-20(30)28(2)25-19/h7-12,14-15H,3-6H2,1-2H3/t14-,15+. The topological polar surface area (TPSA) is 92.7 Å². The largest absolute Gasteiger partial charge is 0.473 e. The van der Waals surface area contributed by atoms with Gasteiger partial charge < -0.3 is 4.74 Å². The van der Waals surface area contributed by atoms with Crippen molar-refractivity contribution in [3.8, 4) is 17.1 Å². The van der Waals surface area contributed by atoms with Crippen molar-refractivity contribution in [2.75, 3.05) is 0 Å². The fraction of sp³-hybridized carbons (Fsp3) is 0.381. The molecule has 0 saturated heterocycles. The predicted molar refractivity (Wildman–Crippen MR) is 116 cm³/mol. The highest BCUT2D eigenvalue weighted by molar-refractivity contribution is 6.30. The summed E-state index contributed by atoms with van der Waals surface area (Å²) in [7, 11) is 3.51. The molecule has 0 atom stereocenters. The average Bonchev–Trinajstić information content (AvgIpc) is 3.34. The van der Waals surface area contributed by atoms with E-state index in [0.29, 0.717) is 11.0 Å². The summed E-state index contributed by atoms with van der Waals surface area (Å²) < 4.78 is 11.1. The Kier molecular flexibility index (Phi) is 4.97. The first kappa shape index (κ1) is 19.7. The van der Waals surface area contributed by atoms with Crippen LogP contribution in [0.1, 0.15) is 31.7 Å². The summed E-state index contributed by atoms with van der Waals surface area (Å²) in [5.74, 6) is 0.479. The molecule has 0 aliphatic heterocycles. The van der Waals surface area contributed by atoms with Crippen LogP contribution in [0, 0.1) is 0 Å². The lowest BCUT2D eigenvalue weighted by Crippen LogP contribution is -2.27. The number of hydrogen-bond donors (Lipinski definition) is 0. The number of aryl methyl sites for hydroxylation is 2. The van der Waals surface area contributed by atoms with Gasteiger partial charge in [0, 0.05) is 55.6 Å². The lowest BCUT2D eigenvalue weighted by molar-refractivity contribution is 0.123. The van der Waals surface area contributed by atoms with E-state index >= 15 is 0 Å². The van der Waals surface area contributed by atoms with Crippen LogP contribution < -0.4 is 10.3 Å². The summed E-state index contributed by atoms with van der Waals surface area (Å²) in [5.41, 5.74) is 2.63. The monoisotopic (exact) mass is 439 g/mol. The van der Waals surface area contributed by atoms with E-state index in [9.17, 15) is 4.79 Å². The van der Waals surface area contributed by atoms with Gasteiger partial charge >= 0.3 is 0 Å². The normalized spacial score (nSPS) is 19.1. The van der Waals surface area contributed by atoms with Gasteiger partial charge in [-0.05, 0) is 25.7 Å². The Morgan fingerprint density at radius 3 is 2.61 bits per heavy atom. The fourth-order valence-corrected chi connectivity index (χ4v) is 4.32. The lowest BCUT2D eigenvalue weighted by Gasteiger charge is -2.29. The molecule has 0 radical (unpaired) electrons. The van der Waals surface area contributed by atoms with Gasteiger partial charge in [-0.1, -0.05) is 11.6 Å². The van der Waals surface area contributed by atoms with Crippen molar-refractivity contribution in [1.82, 2.24) is 34.3 Å². The van der Waals surface area contributed by atoms with Gasteiger partial charge in [-0.15, -0.1) is 5.10 Å². The third-order valence-electron chi connectivity index (χ3n) is 5.75. The number of halogens is 1. The van der Waals surface area contributed by atoms with Crippen molar-refractivity contribution in [2.24, 2.45) is 14.1 Å². The van der Waals surface area contributed by atoms with E-state index in [1.165, 1.54) is 10.7 Å². The van der Waals surface area contributed by atoms with Gasteiger partial charge in [0.25, 0.3) is 5.56 Å². The van der Waals surface area contributed by atoms with E-state index in [4.69, 9.17) is 21.4 Å². The third-order valence-corrected chi connectivity index (χ3v) is 5.96. The minimum Gasteiger partial charge on any atom is -0.473 e. The minimum atomic E-state index is -0.154. The van der Waals surface area contributed by atoms with E-state index < -0.39 is 0 Å². The van der Waals surface area contributed by atoms with Crippen molar-refractivity contribution in [1.29, 1.82) is 0 Å². The lowest BCUT2D eigenvalue weighted by atomic mass is 9.93. The average molecular weight is 440 g/mol. The van der Waals surface area contributed by atoms with Crippen molar-refractivity contribution >= 4 is 22.5 Å². The molecule has 1 aliphatic carbocycles. The van der Waals surface area contributed by atoms with Crippen molar-refractivity contribution in [3.63, 3.8) is 0 Å². The summed E-state index contributed by atoms with van der Waals surface area (Å²) in [6.07, 6.45) is 9.18. The van der Waals surface area contributed by atoms with E-state index in [1.807, 2.05) is 25.5 Å². The number of aromatic nitrogens is 7. The van der Waals surface area contributed by atoms with Crippen LogP contribution >= 0.6 is 11.6 Å². The first-order chi connectivity index (χ1) is 15.0. The molecule has 1 aliphatic rings. The summed E-state index contributed by atoms with van der Waals surface area (Å²) in [4.78, 5) is 15.8. The second-order valence-electron chi connectivity index (χ2n) is 7.90. The number of ether oxygens (including phenoxy) is 1. The smallest absolute Gasteiger partial charge is 0.266 e. The molecule has 0 N–H and O–H groups in total. The van der Waals surface area contributed by atoms with Gasteiger partial charge in [-0.3, -0.25) is 14.2 Å². The van der Waals surface area contributed by atoms with Gasteiger partial charge in [-0.25, -0.2) is 9.67 Å². The van der Waals surface area contributed by atoms with Gasteiger partial charge in [0.15, 0.2) is 0 Å². The zero-order chi connectivity index (χ0) is 21.5. The molecule has 0 spiro atoms. The number of nitrogens with zero attached hydrogens (tertiary/aromatic N) is 7. The maximum absolute atomic E-state index is 11.5. The van der Waals surface area contributed by atoms with E-state index in [2.05, 4.69) is 19.9 Å². The molecular weight excluding hydrogens is 418 g/mol. The van der Waals surface area contributed by atoms with E-state index in [1.54, 1.807) is 24.0 Å². The third kappa shape index (κ3) is 3.81. The molecule has 4 aromatic rings. The molecule has 4 aromatic heterocycles. The summed E-state index contributed by atoms with van der Waals surface area (Å²) in [5, 5.41) is 14.8. The quantitative estimate of drug-likeness (QED) is 0.453. The highest BCUT2D eigenvalue weighted by Gasteiger charge is 2.27. The van der Waals surface area contributed by atoms with Gasteiger partial charge in [0.2, 0.25) is 5.88 Å². The number of hydrogen-bond acceptors (Lipinski definition) is 6. The summed E-state index contributed by atoms with van der Waals surface area (Å²) >= 11 is 6.21. The molecule has 1 saturated carbocycles. The van der Waals surface area contributed by atoms with E-state index in [-0.39, 0.29) is 17.7 Å². The van der Waals surface area contributed by atoms with Crippen LogP contribution in [-0.4, -0.2) is 40.4 Å². The SMILES string of the molecule is Cn1cc(-c2nn([C@H]3CC[C@@H](Oc4ccc(=O)n(C)n4)CC3)c3cc(Cl)ncc23)cn1. The Hall–Kier alpha value is -3.20. The van der Waals surface area contributed by atoms with Crippen LogP contribution in [0.3, 0.4) is 0 Å². The van der Waals surface area contributed by atoms with Crippen LogP contribution in [0.5, 0.6) is 5.88 Å². The predicted octanol–water partition coefficient (Wildman–Crippen LogP) is 3.14. The molecule has 160 valence electrons. The van der Waals surface area contributed by atoms with Crippen LogP contribution in [0.15, 0.2) is 41.6 Å². The number of rotatable bonds is 4. The molecule has 4 heterocycles. The molecule has 9 nitrogen and oxygen atoms in total. The molecule has 0 aromatic carbocycles. The first-order valence-electron chi connectivity index (χ1n) is 10.2. The molecule has 5 rings (SSSR count). The highest BCUT2D eigenvalue weighted by Crippen LogP contribution is 2.36. The molecule has 31 heavy (non-hydrogen) atoms. The Bertz CT molecular complexity index is 1300. The summed E-state index contributed by atoms with van der Waals surface area (Å²) in [6.45, 7) is 0. The minimum absolute atomic E-state index is 0.0612. The summed E-state index contributed by atoms with van der Waals surface area (Å²) in [6, 6.07) is 5.21. The van der Waals surface area contributed by atoms with Crippen molar-refractivity contribution in [2.45, 2.75) is 37.8 Å². The Morgan fingerprint density at radius 2 is 1.90 bits per heavy atom. The Labute approximate surface area is 183 Å². The molecule has 0 amide bonds. The molecular formula is C21H22ClN7O2. The van der Waals surface area contributed by atoms with Crippen LogP contribution in [-0.2, 0) is 14.1 Å². The number of pyridine rings is 1. The Morgan fingerprint density at radius 1 is 1.10 bits per heavy atom. The highest BCUT2D eigenvalue weighted by atomic mass is 35.5. The van der Waals surface area contributed by atoms with Crippen LogP contribution in [0.25, 0.3) is 22.2 Å². The van der Waals surface area contributed by atoms with E-state index in [0.717, 1.165) is 47.8 Å². The second kappa shape index (κ2) is 7.81. The zero-order valence-corrected chi connectivity index (χ0v) is 18.0. The number of fused-ring (bicyclic) bond motifs is 1. The fourth-order valence-electron chi connectivity index (χ4n) is 4.16. The van der Waals surface area contributed by atoms with Gasteiger partial charge in [0.1, 0.15) is 17.0 Å². The van der Waals surface area contributed by atoms with Gasteiger partial charge in [-0.2, -0.15) is 10.2 Å². The maximum atomic E-state index is 11.5. The molecule has 0 bridgehead atoms.